The van der Waals surface area contributed by atoms with Gasteiger partial charge in [-0.25, -0.2) is 4.79 Å². The monoisotopic (exact) mass is 339 g/mol. The van der Waals surface area contributed by atoms with Gasteiger partial charge in [-0.05, 0) is 61.2 Å². The van der Waals surface area contributed by atoms with Crippen LogP contribution >= 0.6 is 0 Å². The fourth-order valence-corrected chi connectivity index (χ4v) is 3.11. The van der Waals surface area contributed by atoms with E-state index in [1.54, 1.807) is 24.2 Å². The average molecular weight is 339 g/mol. The van der Waals surface area contributed by atoms with Crippen LogP contribution in [0.4, 0.5) is 10.5 Å². The van der Waals surface area contributed by atoms with Gasteiger partial charge in [0.1, 0.15) is 0 Å². The van der Waals surface area contributed by atoms with E-state index in [1.807, 2.05) is 37.3 Å². The first-order chi connectivity index (χ1) is 11.9. The summed E-state index contributed by atoms with van der Waals surface area (Å²) >= 11 is 0. The second-order valence-corrected chi connectivity index (χ2v) is 6.73. The predicted octanol–water partition coefficient (Wildman–Crippen LogP) is 3.39. The molecule has 1 aromatic heterocycles. The predicted molar refractivity (Wildman–Crippen MR) is 95.4 cm³/mol. The summed E-state index contributed by atoms with van der Waals surface area (Å²) in [5, 5.41) is 12.1. The second-order valence-electron chi connectivity index (χ2n) is 6.73. The first kappa shape index (κ1) is 17.0. The maximum atomic E-state index is 12.4. The molecule has 0 spiro atoms. The Hall–Kier alpha value is -2.89. The zero-order valence-corrected chi connectivity index (χ0v) is 14.3. The highest BCUT2D eigenvalue weighted by Crippen LogP contribution is 2.31. The lowest BCUT2D eigenvalue weighted by Gasteiger charge is -2.21. The first-order valence-electron chi connectivity index (χ1n) is 8.19. The number of pyridine rings is 1. The Morgan fingerprint density at radius 1 is 1.24 bits per heavy atom. The van der Waals surface area contributed by atoms with Crippen LogP contribution in [-0.2, 0) is 4.79 Å². The van der Waals surface area contributed by atoms with E-state index in [-0.39, 0.29) is 12.6 Å². The summed E-state index contributed by atoms with van der Waals surface area (Å²) in [7, 11) is 0. The van der Waals surface area contributed by atoms with Crippen LogP contribution in [0, 0.1) is 12.3 Å². The molecule has 130 valence electrons. The summed E-state index contributed by atoms with van der Waals surface area (Å²) < 4.78 is 0. The number of nitrogens with one attached hydrogen (secondary N) is 1. The number of aryl methyl sites for hydroxylation is 1. The topological polar surface area (TPSA) is 82.5 Å². The molecule has 1 aliphatic heterocycles. The summed E-state index contributed by atoms with van der Waals surface area (Å²) in [6.45, 7) is 4.34. The number of aliphatic carboxylic acids is 1. The molecule has 6 heteroatoms. The minimum absolute atomic E-state index is 0.224. The van der Waals surface area contributed by atoms with Gasteiger partial charge >= 0.3 is 12.0 Å². The van der Waals surface area contributed by atoms with E-state index in [9.17, 15) is 14.7 Å². The molecular formula is C19H21N3O3. The van der Waals surface area contributed by atoms with Crippen LogP contribution in [-0.4, -0.2) is 40.1 Å². The van der Waals surface area contributed by atoms with Crippen molar-refractivity contribution in [3.05, 3.63) is 48.3 Å². The third-order valence-electron chi connectivity index (χ3n) is 4.75. The van der Waals surface area contributed by atoms with Gasteiger partial charge in [0, 0.05) is 31.2 Å². The number of carboxylic acids is 1. The molecule has 0 saturated carbocycles. The largest absolute Gasteiger partial charge is 0.481 e. The van der Waals surface area contributed by atoms with Crippen LogP contribution in [0.5, 0.6) is 0 Å². The molecular weight excluding hydrogens is 318 g/mol. The number of urea groups is 1. The molecule has 0 radical (unpaired) electrons. The fraction of sp³-hybridized carbons (Fsp3) is 0.316. The highest BCUT2D eigenvalue weighted by atomic mass is 16.4. The normalized spacial score (nSPS) is 19.7. The number of hydrogen-bond donors (Lipinski definition) is 2. The Balaban J connectivity index is 1.71. The van der Waals surface area contributed by atoms with Gasteiger partial charge in [-0.2, -0.15) is 0 Å². The average Bonchev–Trinajstić information content (AvgIpc) is 3.00. The van der Waals surface area contributed by atoms with Gasteiger partial charge < -0.3 is 15.3 Å². The summed E-state index contributed by atoms with van der Waals surface area (Å²) in [6.07, 6.45) is 3.96. The molecule has 0 aliphatic carbocycles. The lowest BCUT2D eigenvalue weighted by atomic mass is 9.90. The minimum Gasteiger partial charge on any atom is -0.481 e. The number of aromatic nitrogens is 1. The van der Waals surface area contributed by atoms with Crippen molar-refractivity contribution in [1.29, 1.82) is 0 Å². The Bertz CT molecular complexity index is 807. The van der Waals surface area contributed by atoms with Gasteiger partial charge in [-0.3, -0.25) is 9.78 Å². The zero-order chi connectivity index (χ0) is 18.0. The van der Waals surface area contributed by atoms with Crippen molar-refractivity contribution in [3.8, 4) is 11.1 Å². The van der Waals surface area contributed by atoms with E-state index in [2.05, 4.69) is 10.3 Å². The van der Waals surface area contributed by atoms with Crippen molar-refractivity contribution in [3.63, 3.8) is 0 Å². The lowest BCUT2D eigenvalue weighted by molar-refractivity contribution is -0.146. The van der Waals surface area contributed by atoms with E-state index in [0.29, 0.717) is 18.7 Å². The third-order valence-corrected chi connectivity index (χ3v) is 4.75. The summed E-state index contributed by atoms with van der Waals surface area (Å²) in [4.78, 5) is 29.3. The molecule has 6 nitrogen and oxygen atoms in total. The Labute approximate surface area is 146 Å². The first-order valence-corrected chi connectivity index (χ1v) is 8.19. The number of likely N-dealkylation sites (tertiary alicyclic amines) is 1. The maximum absolute atomic E-state index is 12.4. The summed E-state index contributed by atoms with van der Waals surface area (Å²) in [5.41, 5.74) is 3.03. The molecule has 25 heavy (non-hydrogen) atoms. The molecule has 2 N–H and O–H groups in total. The number of carbonyl (C=O) groups is 2. The standard InChI is InChI=1S/C19H21N3O3/c1-13-11-15(3-4-16(13)14-5-8-20-9-6-14)21-18(25)22-10-7-19(2,12-22)17(23)24/h3-6,8-9,11H,7,10,12H2,1-2H3,(H,21,25)(H,23,24). The van der Waals surface area contributed by atoms with Crippen molar-refractivity contribution in [2.75, 3.05) is 18.4 Å². The van der Waals surface area contributed by atoms with Crippen molar-refractivity contribution in [1.82, 2.24) is 9.88 Å². The van der Waals surface area contributed by atoms with Crippen LogP contribution in [0.2, 0.25) is 0 Å². The van der Waals surface area contributed by atoms with Crippen molar-refractivity contribution in [2.24, 2.45) is 5.41 Å². The third kappa shape index (κ3) is 3.47. The zero-order valence-electron chi connectivity index (χ0n) is 14.3. The van der Waals surface area contributed by atoms with E-state index in [0.717, 1.165) is 16.7 Å². The molecule has 0 bridgehead atoms. The molecule has 3 rings (SSSR count). The molecule has 2 heterocycles. The van der Waals surface area contributed by atoms with Crippen molar-refractivity contribution in [2.45, 2.75) is 20.3 Å². The highest BCUT2D eigenvalue weighted by Gasteiger charge is 2.42. The smallest absolute Gasteiger partial charge is 0.321 e. The van der Waals surface area contributed by atoms with Crippen LogP contribution in [0.15, 0.2) is 42.7 Å². The molecule has 1 aromatic carbocycles. The van der Waals surface area contributed by atoms with Crippen LogP contribution in [0.1, 0.15) is 18.9 Å². The molecule has 1 unspecified atom stereocenters. The summed E-state index contributed by atoms with van der Waals surface area (Å²) in [5.74, 6) is -0.861. The van der Waals surface area contributed by atoms with Gasteiger partial charge in [0.15, 0.2) is 0 Å². The molecule has 1 fully saturated rings. The van der Waals surface area contributed by atoms with Crippen LogP contribution in [0.25, 0.3) is 11.1 Å². The van der Waals surface area contributed by atoms with Gasteiger partial charge in [0.25, 0.3) is 0 Å². The number of rotatable bonds is 3. The number of hydrogen-bond acceptors (Lipinski definition) is 3. The number of carboxylic acid groups (broad SMARTS) is 1. The Morgan fingerprint density at radius 3 is 2.56 bits per heavy atom. The van der Waals surface area contributed by atoms with E-state index in [4.69, 9.17) is 0 Å². The SMILES string of the molecule is Cc1cc(NC(=O)N2CCC(C)(C(=O)O)C2)ccc1-c1ccncc1. The second kappa shape index (κ2) is 6.55. The van der Waals surface area contributed by atoms with Crippen LogP contribution < -0.4 is 5.32 Å². The van der Waals surface area contributed by atoms with Crippen molar-refractivity contribution < 1.29 is 14.7 Å². The number of anilines is 1. The maximum Gasteiger partial charge on any atom is 0.321 e. The van der Waals surface area contributed by atoms with E-state index in [1.165, 1.54) is 0 Å². The van der Waals surface area contributed by atoms with Gasteiger partial charge in [0.2, 0.25) is 0 Å². The number of benzene rings is 1. The molecule has 1 aliphatic rings. The Kier molecular flexibility index (Phi) is 4.44. The Morgan fingerprint density at radius 2 is 1.96 bits per heavy atom. The fourth-order valence-electron chi connectivity index (χ4n) is 3.11. The lowest BCUT2D eigenvalue weighted by Crippen LogP contribution is -2.37. The number of amides is 2. The van der Waals surface area contributed by atoms with E-state index >= 15 is 0 Å². The quantitative estimate of drug-likeness (QED) is 0.898. The van der Waals surface area contributed by atoms with Gasteiger partial charge in [0.05, 0.1) is 5.41 Å². The molecule has 2 aromatic rings. The minimum atomic E-state index is -0.863. The van der Waals surface area contributed by atoms with Crippen molar-refractivity contribution >= 4 is 17.7 Å². The number of carbonyl (C=O) groups excluding carboxylic acids is 1. The highest BCUT2D eigenvalue weighted by molar-refractivity contribution is 5.91. The number of nitrogens with zero attached hydrogens (tertiary/aromatic N) is 2. The van der Waals surface area contributed by atoms with Crippen LogP contribution in [0.3, 0.4) is 0 Å². The van der Waals surface area contributed by atoms with Gasteiger partial charge in [-0.15, -0.1) is 0 Å². The van der Waals surface area contributed by atoms with E-state index < -0.39 is 11.4 Å². The molecule has 1 atom stereocenters. The molecule has 2 amide bonds. The molecule has 1 saturated heterocycles. The van der Waals surface area contributed by atoms with Gasteiger partial charge in [-0.1, -0.05) is 6.07 Å². The summed E-state index contributed by atoms with van der Waals surface area (Å²) in [6, 6.07) is 9.36.